The Hall–Kier alpha value is -1.44. The monoisotopic (exact) mass is 189 g/mol. The summed E-state index contributed by atoms with van der Waals surface area (Å²) in [4.78, 5) is 0. The Morgan fingerprint density at radius 1 is 1.07 bits per heavy atom. The normalized spacial score (nSPS) is 11.1. The summed E-state index contributed by atoms with van der Waals surface area (Å²) >= 11 is 0. The first-order valence-corrected chi connectivity index (χ1v) is 4.78. The number of hydrogen-bond acceptors (Lipinski definition) is 1. The number of benzene rings is 1. The van der Waals surface area contributed by atoms with Crippen LogP contribution in [-0.2, 0) is 7.05 Å². The molecule has 2 heteroatoms. The average Bonchev–Trinajstić information content (AvgIpc) is 2.38. The number of fused-ring (bicyclic) bond motifs is 1. The Morgan fingerprint density at radius 3 is 2.36 bits per heavy atom. The lowest BCUT2D eigenvalue weighted by molar-refractivity contribution is 0.472. The van der Waals surface area contributed by atoms with Gasteiger partial charge in [-0.05, 0) is 38.5 Å². The molecule has 0 saturated heterocycles. The lowest BCUT2D eigenvalue weighted by Gasteiger charge is -2.02. The summed E-state index contributed by atoms with van der Waals surface area (Å²) in [5.41, 5.74) is 4.68. The molecule has 1 N–H and O–H groups in total. The predicted molar refractivity (Wildman–Crippen MR) is 58.8 cm³/mol. The van der Waals surface area contributed by atoms with E-state index in [0.717, 1.165) is 5.56 Å². The van der Waals surface area contributed by atoms with E-state index < -0.39 is 0 Å². The summed E-state index contributed by atoms with van der Waals surface area (Å²) in [6.07, 6.45) is 0. The van der Waals surface area contributed by atoms with Gasteiger partial charge in [-0.3, -0.25) is 0 Å². The number of aryl methyl sites for hydroxylation is 3. The number of aromatic hydroxyl groups is 1. The van der Waals surface area contributed by atoms with Crippen LogP contribution in [0.25, 0.3) is 10.9 Å². The van der Waals surface area contributed by atoms with Crippen molar-refractivity contribution in [3.8, 4) is 5.75 Å². The maximum Gasteiger partial charge on any atom is 0.119 e. The van der Waals surface area contributed by atoms with Crippen LogP contribution in [-0.4, -0.2) is 9.67 Å². The van der Waals surface area contributed by atoms with Gasteiger partial charge in [0.15, 0.2) is 0 Å². The molecule has 0 bridgehead atoms. The van der Waals surface area contributed by atoms with Gasteiger partial charge in [-0.2, -0.15) is 0 Å². The molecule has 14 heavy (non-hydrogen) atoms. The first-order valence-electron chi connectivity index (χ1n) is 4.78. The van der Waals surface area contributed by atoms with Crippen LogP contribution in [0.4, 0.5) is 0 Å². The lowest BCUT2D eigenvalue weighted by Crippen LogP contribution is -1.89. The highest BCUT2D eigenvalue weighted by Gasteiger charge is 2.11. The zero-order valence-electron chi connectivity index (χ0n) is 9.05. The van der Waals surface area contributed by atoms with Gasteiger partial charge in [-0.15, -0.1) is 0 Å². The second-order valence-electron chi connectivity index (χ2n) is 3.87. The molecule has 1 heterocycles. The number of hydrogen-bond donors (Lipinski definition) is 1. The molecule has 0 unspecified atom stereocenters. The molecule has 0 amide bonds. The fraction of sp³-hybridized carbons (Fsp3) is 0.333. The number of phenolic OH excluding ortho intramolecular Hbond substituents is 1. The molecule has 0 atom stereocenters. The molecule has 0 spiro atoms. The van der Waals surface area contributed by atoms with Gasteiger partial charge in [0, 0.05) is 29.2 Å². The first-order chi connectivity index (χ1) is 6.54. The van der Waals surface area contributed by atoms with Gasteiger partial charge in [0.05, 0.1) is 0 Å². The van der Waals surface area contributed by atoms with Crippen LogP contribution in [0.1, 0.15) is 16.8 Å². The van der Waals surface area contributed by atoms with Crippen molar-refractivity contribution in [3.05, 3.63) is 29.0 Å². The summed E-state index contributed by atoms with van der Waals surface area (Å²) < 4.78 is 2.16. The third-order valence-electron chi connectivity index (χ3n) is 3.20. The molecule has 0 aliphatic heterocycles. The average molecular weight is 189 g/mol. The van der Waals surface area contributed by atoms with Gasteiger partial charge < -0.3 is 9.67 Å². The standard InChI is InChI=1S/C12H15NO/c1-7-9(3)13(4)10-5-6-11(14)8(2)12(7)10/h5-6,14H,1-4H3. The fourth-order valence-electron chi connectivity index (χ4n) is 2.05. The van der Waals surface area contributed by atoms with E-state index in [0.29, 0.717) is 5.75 Å². The first kappa shape index (κ1) is 9.13. The molecule has 2 aromatic rings. The molecule has 0 aliphatic carbocycles. The van der Waals surface area contributed by atoms with Crippen LogP contribution in [0.3, 0.4) is 0 Å². The lowest BCUT2D eigenvalue weighted by atomic mass is 10.1. The van der Waals surface area contributed by atoms with E-state index in [4.69, 9.17) is 0 Å². The van der Waals surface area contributed by atoms with Crippen molar-refractivity contribution in [3.63, 3.8) is 0 Å². The molecule has 74 valence electrons. The van der Waals surface area contributed by atoms with E-state index in [2.05, 4.69) is 25.5 Å². The van der Waals surface area contributed by atoms with Crippen LogP contribution >= 0.6 is 0 Å². The molecule has 2 nitrogen and oxygen atoms in total. The predicted octanol–water partition coefficient (Wildman–Crippen LogP) is 2.81. The van der Waals surface area contributed by atoms with Crippen molar-refractivity contribution in [2.45, 2.75) is 20.8 Å². The second kappa shape index (κ2) is 2.77. The van der Waals surface area contributed by atoms with Crippen LogP contribution in [0.5, 0.6) is 5.75 Å². The molecule has 0 aliphatic rings. The Morgan fingerprint density at radius 2 is 1.71 bits per heavy atom. The van der Waals surface area contributed by atoms with Gasteiger partial charge in [0.2, 0.25) is 0 Å². The number of phenols is 1. The van der Waals surface area contributed by atoms with Crippen LogP contribution in [0.15, 0.2) is 12.1 Å². The summed E-state index contributed by atoms with van der Waals surface area (Å²) in [5, 5.41) is 10.8. The molecule has 0 fully saturated rings. The van der Waals surface area contributed by atoms with Crippen molar-refractivity contribution in [1.82, 2.24) is 4.57 Å². The molecule has 0 radical (unpaired) electrons. The summed E-state index contributed by atoms with van der Waals surface area (Å²) in [6, 6.07) is 3.73. The van der Waals surface area contributed by atoms with E-state index in [1.54, 1.807) is 6.07 Å². The molecular weight excluding hydrogens is 174 g/mol. The van der Waals surface area contributed by atoms with Crippen molar-refractivity contribution in [2.24, 2.45) is 7.05 Å². The zero-order valence-corrected chi connectivity index (χ0v) is 9.05. The maximum atomic E-state index is 9.63. The van der Waals surface area contributed by atoms with Gasteiger partial charge in [0.25, 0.3) is 0 Å². The Labute approximate surface area is 83.8 Å². The summed E-state index contributed by atoms with van der Waals surface area (Å²) in [7, 11) is 2.06. The van der Waals surface area contributed by atoms with Gasteiger partial charge in [0.1, 0.15) is 5.75 Å². The second-order valence-corrected chi connectivity index (χ2v) is 3.87. The topological polar surface area (TPSA) is 25.2 Å². The van der Waals surface area contributed by atoms with E-state index in [1.807, 2.05) is 13.0 Å². The minimum Gasteiger partial charge on any atom is -0.508 e. The van der Waals surface area contributed by atoms with E-state index in [1.165, 1.54) is 22.2 Å². The Kier molecular flexibility index (Phi) is 1.81. The van der Waals surface area contributed by atoms with Crippen molar-refractivity contribution >= 4 is 10.9 Å². The highest BCUT2D eigenvalue weighted by molar-refractivity contribution is 5.90. The van der Waals surface area contributed by atoms with Gasteiger partial charge in [-0.25, -0.2) is 0 Å². The fourth-order valence-corrected chi connectivity index (χ4v) is 2.05. The minimum absolute atomic E-state index is 0.381. The summed E-state index contributed by atoms with van der Waals surface area (Å²) in [6.45, 7) is 6.17. The number of nitrogens with zero attached hydrogens (tertiary/aromatic N) is 1. The SMILES string of the molecule is Cc1c(O)ccc2c1c(C)c(C)n2C. The molecule has 1 aromatic carbocycles. The van der Waals surface area contributed by atoms with E-state index in [9.17, 15) is 5.11 Å². The molecule has 1 aromatic heterocycles. The zero-order chi connectivity index (χ0) is 10.5. The molecule has 2 rings (SSSR count). The van der Waals surface area contributed by atoms with E-state index in [-0.39, 0.29) is 0 Å². The van der Waals surface area contributed by atoms with Crippen molar-refractivity contribution in [2.75, 3.05) is 0 Å². The Bertz CT molecular complexity index is 509. The number of aromatic nitrogens is 1. The van der Waals surface area contributed by atoms with Crippen LogP contribution < -0.4 is 0 Å². The largest absolute Gasteiger partial charge is 0.508 e. The van der Waals surface area contributed by atoms with E-state index >= 15 is 0 Å². The van der Waals surface area contributed by atoms with Crippen molar-refractivity contribution in [1.29, 1.82) is 0 Å². The quantitative estimate of drug-likeness (QED) is 0.677. The summed E-state index contributed by atoms with van der Waals surface area (Å²) in [5.74, 6) is 0.381. The smallest absolute Gasteiger partial charge is 0.119 e. The van der Waals surface area contributed by atoms with Gasteiger partial charge >= 0.3 is 0 Å². The highest BCUT2D eigenvalue weighted by atomic mass is 16.3. The molecule has 0 saturated carbocycles. The number of rotatable bonds is 0. The van der Waals surface area contributed by atoms with Crippen LogP contribution in [0.2, 0.25) is 0 Å². The minimum atomic E-state index is 0.381. The van der Waals surface area contributed by atoms with Crippen molar-refractivity contribution < 1.29 is 5.11 Å². The maximum absolute atomic E-state index is 9.63. The third-order valence-corrected chi connectivity index (χ3v) is 3.20. The highest BCUT2D eigenvalue weighted by Crippen LogP contribution is 2.31. The Balaban J connectivity index is 3.03. The van der Waals surface area contributed by atoms with Gasteiger partial charge in [-0.1, -0.05) is 0 Å². The third kappa shape index (κ3) is 0.969. The van der Waals surface area contributed by atoms with Crippen LogP contribution in [0, 0.1) is 20.8 Å². The molecular formula is C12H15NO.